The summed E-state index contributed by atoms with van der Waals surface area (Å²) in [5.74, 6) is 0.249. The second-order valence-electron chi connectivity index (χ2n) is 7.12. The number of hydrogen-bond acceptors (Lipinski definition) is 9. The lowest BCUT2D eigenvalue weighted by molar-refractivity contribution is -0.147. The smallest absolute Gasteiger partial charge is 0.325 e. The SMILES string of the molecule is CC(C)Oc1ccc(-c2nc(-c3ccc(COC(=O)[C@@H](N)CO)cc3Cl)no2)cc1C#N. The summed E-state index contributed by atoms with van der Waals surface area (Å²) >= 11 is 6.35. The molecule has 0 amide bonds. The van der Waals surface area contributed by atoms with E-state index in [9.17, 15) is 10.1 Å². The van der Waals surface area contributed by atoms with Crippen LogP contribution < -0.4 is 10.5 Å². The molecule has 0 aliphatic carbocycles. The van der Waals surface area contributed by atoms with Crippen LogP contribution in [0.25, 0.3) is 22.8 Å². The van der Waals surface area contributed by atoms with Crippen LogP contribution in [0.2, 0.25) is 5.02 Å². The van der Waals surface area contributed by atoms with Gasteiger partial charge in [0.05, 0.1) is 23.3 Å². The second-order valence-corrected chi connectivity index (χ2v) is 7.53. The van der Waals surface area contributed by atoms with Gasteiger partial charge in [-0.15, -0.1) is 0 Å². The fourth-order valence-corrected chi connectivity index (χ4v) is 3.01. The Balaban J connectivity index is 1.78. The van der Waals surface area contributed by atoms with Crippen molar-refractivity contribution < 1.29 is 23.9 Å². The van der Waals surface area contributed by atoms with Gasteiger partial charge < -0.3 is 24.8 Å². The standard InChI is InChI=1S/C22H21ClN4O5/c1-12(2)31-19-6-4-14(8-15(19)9-24)21-26-20(27-32-21)16-5-3-13(7-17(16)23)11-30-22(29)18(25)10-28/h3-8,12,18,28H,10-11,25H2,1-2H3/t18-/m0/s1. The minimum absolute atomic E-state index is 0.0498. The monoisotopic (exact) mass is 456 g/mol. The molecular formula is C22H21ClN4O5. The Morgan fingerprint density at radius 2 is 2.09 bits per heavy atom. The van der Waals surface area contributed by atoms with Crippen LogP contribution in [0.4, 0.5) is 0 Å². The van der Waals surface area contributed by atoms with Gasteiger partial charge in [0.1, 0.15) is 24.5 Å². The number of carbonyl (C=O) groups is 1. The molecule has 3 rings (SSSR count). The van der Waals surface area contributed by atoms with Crippen LogP contribution in [0.1, 0.15) is 25.0 Å². The number of aliphatic hydroxyl groups is 1. The summed E-state index contributed by atoms with van der Waals surface area (Å²) in [6, 6.07) is 11.0. The van der Waals surface area contributed by atoms with Crippen LogP contribution in [0.5, 0.6) is 5.75 Å². The molecule has 0 aliphatic rings. The lowest BCUT2D eigenvalue weighted by Crippen LogP contribution is -2.35. The summed E-state index contributed by atoms with van der Waals surface area (Å²) in [5.41, 5.74) is 7.47. The molecule has 0 saturated heterocycles. The Labute approximate surface area is 189 Å². The number of carbonyl (C=O) groups excluding carboxylic acids is 1. The van der Waals surface area contributed by atoms with Gasteiger partial charge in [0.2, 0.25) is 5.82 Å². The maximum absolute atomic E-state index is 11.6. The predicted octanol–water partition coefficient (Wildman–Crippen LogP) is 3.08. The molecule has 1 atom stereocenters. The molecule has 0 saturated carbocycles. The molecule has 1 aromatic heterocycles. The zero-order chi connectivity index (χ0) is 23.3. The molecule has 9 nitrogen and oxygen atoms in total. The van der Waals surface area contributed by atoms with Gasteiger partial charge in [-0.05, 0) is 49.7 Å². The van der Waals surface area contributed by atoms with Gasteiger partial charge >= 0.3 is 5.97 Å². The molecule has 0 spiro atoms. The Kier molecular flexibility index (Phi) is 7.43. The molecule has 3 N–H and O–H groups in total. The number of ether oxygens (including phenoxy) is 2. The summed E-state index contributed by atoms with van der Waals surface area (Å²) in [7, 11) is 0. The maximum atomic E-state index is 11.6. The normalized spacial score (nSPS) is 11.8. The number of nitrogens with zero attached hydrogens (tertiary/aromatic N) is 3. The van der Waals surface area contributed by atoms with Crippen LogP contribution in [-0.4, -0.2) is 40.0 Å². The van der Waals surface area contributed by atoms with E-state index < -0.39 is 18.6 Å². The molecule has 0 aliphatic heterocycles. The van der Waals surface area contributed by atoms with Crippen LogP contribution in [0.3, 0.4) is 0 Å². The molecule has 2 aromatic carbocycles. The fraction of sp³-hybridized carbons (Fsp3) is 0.273. The molecule has 3 aromatic rings. The first-order chi connectivity index (χ1) is 15.3. The topological polar surface area (TPSA) is 144 Å². The molecule has 0 fully saturated rings. The van der Waals surface area contributed by atoms with Crippen molar-refractivity contribution in [3.05, 3.63) is 52.5 Å². The third-order valence-corrected chi connectivity index (χ3v) is 4.60. The van der Waals surface area contributed by atoms with Crippen molar-refractivity contribution in [1.29, 1.82) is 5.26 Å². The van der Waals surface area contributed by atoms with Crippen molar-refractivity contribution in [3.8, 4) is 34.7 Å². The minimum Gasteiger partial charge on any atom is -0.490 e. The van der Waals surface area contributed by atoms with E-state index in [0.29, 0.717) is 33.0 Å². The van der Waals surface area contributed by atoms with Crippen molar-refractivity contribution in [2.75, 3.05) is 6.61 Å². The molecule has 0 unspecified atom stereocenters. The van der Waals surface area contributed by atoms with E-state index in [4.69, 9.17) is 36.4 Å². The first kappa shape index (κ1) is 23.2. The molecular weight excluding hydrogens is 436 g/mol. The Morgan fingerprint density at radius 3 is 2.75 bits per heavy atom. The number of aromatic nitrogens is 2. The first-order valence-electron chi connectivity index (χ1n) is 9.69. The van der Waals surface area contributed by atoms with Crippen LogP contribution >= 0.6 is 11.6 Å². The van der Waals surface area contributed by atoms with Crippen molar-refractivity contribution in [2.24, 2.45) is 5.73 Å². The fourth-order valence-electron chi connectivity index (χ4n) is 2.72. The summed E-state index contributed by atoms with van der Waals surface area (Å²) < 4.78 is 16.0. The number of nitriles is 1. The number of nitrogens with two attached hydrogens (primary N) is 1. The quantitative estimate of drug-likeness (QED) is 0.488. The Morgan fingerprint density at radius 1 is 1.31 bits per heavy atom. The third-order valence-electron chi connectivity index (χ3n) is 4.29. The van der Waals surface area contributed by atoms with Crippen molar-refractivity contribution in [1.82, 2.24) is 10.1 Å². The molecule has 10 heteroatoms. The van der Waals surface area contributed by atoms with Gasteiger partial charge in [-0.1, -0.05) is 22.8 Å². The summed E-state index contributed by atoms with van der Waals surface area (Å²) in [4.78, 5) is 16.0. The van der Waals surface area contributed by atoms with Gasteiger partial charge in [0.15, 0.2) is 0 Å². The van der Waals surface area contributed by atoms with Crippen LogP contribution in [-0.2, 0) is 16.1 Å². The highest BCUT2D eigenvalue weighted by Crippen LogP contribution is 2.31. The summed E-state index contributed by atoms with van der Waals surface area (Å²) in [6.07, 6.45) is -0.0667. The van der Waals surface area contributed by atoms with E-state index in [1.165, 1.54) is 0 Å². The second kappa shape index (κ2) is 10.2. The maximum Gasteiger partial charge on any atom is 0.325 e. The molecule has 0 bridgehead atoms. The average molecular weight is 457 g/mol. The number of rotatable bonds is 8. The molecule has 0 radical (unpaired) electrons. The number of esters is 1. The van der Waals surface area contributed by atoms with Gasteiger partial charge in [0, 0.05) is 11.1 Å². The number of benzene rings is 2. The van der Waals surface area contributed by atoms with Crippen LogP contribution in [0.15, 0.2) is 40.9 Å². The largest absolute Gasteiger partial charge is 0.490 e. The number of hydrogen-bond donors (Lipinski definition) is 2. The predicted molar refractivity (Wildman–Crippen MR) is 116 cm³/mol. The summed E-state index contributed by atoms with van der Waals surface area (Å²) in [6.45, 7) is 3.21. The number of aliphatic hydroxyl groups excluding tert-OH is 1. The Bertz CT molecular complexity index is 1160. The van der Waals surface area contributed by atoms with E-state index in [2.05, 4.69) is 16.2 Å². The molecule has 32 heavy (non-hydrogen) atoms. The third kappa shape index (κ3) is 5.42. The lowest BCUT2D eigenvalue weighted by atomic mass is 10.1. The average Bonchev–Trinajstić information content (AvgIpc) is 3.26. The first-order valence-corrected chi connectivity index (χ1v) is 10.1. The van der Waals surface area contributed by atoms with Gasteiger partial charge in [-0.3, -0.25) is 4.79 Å². The highest BCUT2D eigenvalue weighted by atomic mass is 35.5. The van der Waals surface area contributed by atoms with Crippen molar-refractivity contribution in [3.63, 3.8) is 0 Å². The zero-order valence-corrected chi connectivity index (χ0v) is 18.2. The van der Waals surface area contributed by atoms with Crippen LogP contribution in [0, 0.1) is 11.3 Å². The highest BCUT2D eigenvalue weighted by molar-refractivity contribution is 6.33. The minimum atomic E-state index is -1.09. The molecule has 1 heterocycles. The van der Waals surface area contributed by atoms with E-state index >= 15 is 0 Å². The van der Waals surface area contributed by atoms with Gasteiger partial charge in [0.25, 0.3) is 5.89 Å². The van der Waals surface area contributed by atoms with E-state index in [1.807, 2.05) is 13.8 Å². The molecule has 166 valence electrons. The lowest BCUT2D eigenvalue weighted by Gasteiger charge is -2.11. The highest BCUT2D eigenvalue weighted by Gasteiger charge is 2.17. The van der Waals surface area contributed by atoms with Crippen molar-refractivity contribution >= 4 is 17.6 Å². The van der Waals surface area contributed by atoms with Gasteiger partial charge in [-0.25, -0.2) is 0 Å². The van der Waals surface area contributed by atoms with Gasteiger partial charge in [-0.2, -0.15) is 10.2 Å². The zero-order valence-electron chi connectivity index (χ0n) is 17.4. The Hall–Kier alpha value is -3.45. The number of halogens is 1. The summed E-state index contributed by atoms with van der Waals surface area (Å²) in [5, 5.41) is 22.6. The van der Waals surface area contributed by atoms with E-state index in [0.717, 1.165) is 0 Å². The van der Waals surface area contributed by atoms with Crippen molar-refractivity contribution in [2.45, 2.75) is 32.6 Å². The van der Waals surface area contributed by atoms with E-state index in [1.54, 1.807) is 36.4 Å². The van der Waals surface area contributed by atoms with E-state index in [-0.39, 0.29) is 24.4 Å².